The lowest BCUT2D eigenvalue weighted by molar-refractivity contribution is -0.143. The zero-order chi connectivity index (χ0) is 57.2. The summed E-state index contributed by atoms with van der Waals surface area (Å²) in [4.78, 5) is 76.5. The van der Waals surface area contributed by atoms with Crippen LogP contribution in [0.25, 0.3) is 5.65 Å². The van der Waals surface area contributed by atoms with E-state index in [4.69, 9.17) is 30.8 Å². The van der Waals surface area contributed by atoms with Crippen molar-refractivity contribution in [3.05, 3.63) is 130 Å². The minimum absolute atomic E-state index is 0.0341. The molecule has 20 nitrogen and oxygen atoms in total. The number of piperidine rings is 1. The molecule has 6 heterocycles. The molecular formula is C56H59ClF4N12O8. The summed E-state index contributed by atoms with van der Waals surface area (Å²) in [6, 6.07) is 13.5. The normalized spacial score (nSPS) is 17.6. The lowest BCUT2D eigenvalue weighted by Crippen LogP contribution is -2.65. The van der Waals surface area contributed by atoms with Gasteiger partial charge in [0.15, 0.2) is 5.65 Å². The molecule has 6 aromatic rings. The molecule has 3 aliphatic rings. The highest BCUT2D eigenvalue weighted by Gasteiger charge is 2.49. The van der Waals surface area contributed by atoms with E-state index in [1.807, 2.05) is 24.4 Å². The third-order valence-electron chi connectivity index (χ3n) is 14.2. The smallest absolute Gasteiger partial charge is 0.253 e. The largest absolute Gasteiger partial charge is 0.475 e. The Hall–Kier alpha value is -7.98. The molecule has 0 radical (unpaired) electrons. The Bertz CT molecular complexity index is 3250. The summed E-state index contributed by atoms with van der Waals surface area (Å²) >= 11 is 6.63. The number of aromatic nitrogens is 5. The van der Waals surface area contributed by atoms with Crippen LogP contribution in [0.5, 0.6) is 5.88 Å². The maximum atomic E-state index is 15.4. The monoisotopic (exact) mass is 1140 g/mol. The summed E-state index contributed by atoms with van der Waals surface area (Å²) in [5.41, 5.74) is 2.17. The van der Waals surface area contributed by atoms with E-state index in [2.05, 4.69) is 37.5 Å². The number of alkyl halides is 2. The standard InChI is InChI=1S/C56H59ClF4N12O8/c1-2-37-31-66-73-47(25-48(68-53(37)73)70-15-6-5-7-41(70)13-16-74)64-29-36-10-11-49(65-30-36)81-20-19-79-17-18-80-34-51(76)69-32-45(72(50(75)33-69)46-21-35(28-62)12-14-63-46)55(78)71(42-23-38(58)22-39(59)24-42)52(43-8-3-4-9-44(43)57)54(77)67-40-26-56(60,61)27-40/h3-4,8-12,14,21-25,30-31,40-41,45,52,64,74H,2,5-7,13,15-20,26-27,29,32-34H2,1H3,(H,67,77)/t41-,45?,52-/m0/s1. The van der Waals surface area contributed by atoms with Crippen LogP contribution in [0.2, 0.25) is 5.02 Å². The number of nitrogens with zero attached hydrogens (tertiary/aromatic N) is 10. The number of carbonyl (C=O) groups is 4. The molecule has 4 amide bonds. The Balaban J connectivity index is 0.815. The van der Waals surface area contributed by atoms with Gasteiger partial charge in [0.25, 0.3) is 11.8 Å². The first-order valence-corrected chi connectivity index (χ1v) is 26.9. The topological polar surface area (TPSA) is 233 Å². The molecule has 9 rings (SSSR count). The summed E-state index contributed by atoms with van der Waals surface area (Å²) in [6.45, 7) is 1.97. The first kappa shape index (κ1) is 57.7. The number of benzene rings is 2. The number of aliphatic hydroxyl groups excluding tert-OH is 1. The average molecular weight is 1140 g/mol. The number of nitriles is 1. The van der Waals surface area contributed by atoms with E-state index in [1.54, 1.807) is 16.8 Å². The highest BCUT2D eigenvalue weighted by atomic mass is 35.5. The number of pyridine rings is 2. The number of aliphatic hydroxyl groups is 1. The van der Waals surface area contributed by atoms with E-state index in [9.17, 15) is 33.5 Å². The molecule has 1 unspecified atom stereocenters. The molecule has 81 heavy (non-hydrogen) atoms. The lowest BCUT2D eigenvalue weighted by Gasteiger charge is -2.43. The van der Waals surface area contributed by atoms with Crippen molar-refractivity contribution in [1.82, 2.24) is 34.8 Å². The van der Waals surface area contributed by atoms with Gasteiger partial charge in [0.05, 0.1) is 49.9 Å². The van der Waals surface area contributed by atoms with E-state index < -0.39 is 97.5 Å². The molecule has 1 aliphatic carbocycles. The van der Waals surface area contributed by atoms with Crippen molar-refractivity contribution in [2.45, 2.75) is 88.5 Å². The van der Waals surface area contributed by atoms with Gasteiger partial charge in [0.2, 0.25) is 23.6 Å². The predicted molar refractivity (Wildman–Crippen MR) is 289 cm³/mol. The fraction of sp³-hybridized carbons (Fsp3) is 0.411. The van der Waals surface area contributed by atoms with Crippen molar-refractivity contribution < 1.29 is 56.1 Å². The van der Waals surface area contributed by atoms with Crippen LogP contribution in [0.4, 0.5) is 40.7 Å². The number of aryl methyl sites for hydroxylation is 1. The van der Waals surface area contributed by atoms with Gasteiger partial charge in [-0.3, -0.25) is 29.0 Å². The van der Waals surface area contributed by atoms with E-state index in [0.717, 1.165) is 82.6 Å². The Labute approximate surface area is 468 Å². The molecule has 0 spiro atoms. The van der Waals surface area contributed by atoms with Crippen LogP contribution in [0, 0.1) is 23.0 Å². The SMILES string of the molecule is CCc1cnn2c(NCc3ccc(OCCOCCOCC(=O)N4CC(=O)N(c5cc(C#N)ccn5)C(C(=O)N(c5cc(F)cc(F)c5)[C@H](C(=O)NC5CC(F)(F)C5)c5ccccc5Cl)C4)nc3)cc(N3CCCC[C@H]3CCO)nc12. The zero-order valence-corrected chi connectivity index (χ0v) is 44.9. The molecule has 25 heteroatoms. The summed E-state index contributed by atoms with van der Waals surface area (Å²) < 4.78 is 77.2. The number of carbonyl (C=O) groups excluding carboxylic acids is 4. The highest BCUT2D eigenvalue weighted by Crippen LogP contribution is 2.40. The molecule has 3 fully saturated rings. The molecular weight excluding hydrogens is 1080 g/mol. The average Bonchev–Trinajstić information content (AvgIpc) is 4.00. The fourth-order valence-electron chi connectivity index (χ4n) is 10.2. The number of amides is 4. The predicted octanol–water partition coefficient (Wildman–Crippen LogP) is 6.58. The molecule has 4 aromatic heterocycles. The molecule has 2 aliphatic heterocycles. The molecule has 3 atom stereocenters. The number of fused-ring (bicyclic) bond motifs is 1. The fourth-order valence-corrected chi connectivity index (χ4v) is 10.4. The van der Waals surface area contributed by atoms with Crippen molar-refractivity contribution in [2.75, 3.05) is 79.3 Å². The number of piperazine rings is 1. The van der Waals surface area contributed by atoms with Gasteiger partial charge in [-0.05, 0) is 68.0 Å². The van der Waals surface area contributed by atoms with Gasteiger partial charge in [0.1, 0.15) is 60.9 Å². The molecule has 3 N–H and O–H groups in total. The summed E-state index contributed by atoms with van der Waals surface area (Å²) in [5, 5.41) is 30.0. The minimum Gasteiger partial charge on any atom is -0.475 e. The summed E-state index contributed by atoms with van der Waals surface area (Å²) in [7, 11) is 0. The molecule has 0 bridgehead atoms. The summed E-state index contributed by atoms with van der Waals surface area (Å²) in [5.74, 6) is -7.37. The Kier molecular flexibility index (Phi) is 18.6. The van der Waals surface area contributed by atoms with Crippen molar-refractivity contribution >= 4 is 64.0 Å². The first-order chi connectivity index (χ1) is 39.1. The number of anilines is 4. The van der Waals surface area contributed by atoms with Gasteiger partial charge < -0.3 is 39.8 Å². The van der Waals surface area contributed by atoms with E-state index >= 15 is 13.6 Å². The number of ether oxygens (including phenoxy) is 3. The van der Waals surface area contributed by atoms with Crippen molar-refractivity contribution in [3.63, 3.8) is 0 Å². The van der Waals surface area contributed by atoms with Crippen LogP contribution in [0.3, 0.4) is 0 Å². The second kappa shape index (κ2) is 26.1. The van der Waals surface area contributed by atoms with E-state index in [1.165, 1.54) is 42.6 Å². The third-order valence-corrected chi connectivity index (χ3v) is 14.6. The molecule has 2 aromatic carbocycles. The van der Waals surface area contributed by atoms with Gasteiger partial charge in [0, 0.05) is 91.4 Å². The molecule has 2 saturated heterocycles. The maximum Gasteiger partial charge on any atom is 0.253 e. The number of hydrogen-bond donors (Lipinski definition) is 3. The van der Waals surface area contributed by atoms with Crippen LogP contribution in [-0.2, 0) is 41.6 Å². The van der Waals surface area contributed by atoms with Crippen LogP contribution in [0.15, 0.2) is 91.4 Å². The number of rotatable bonds is 23. The van der Waals surface area contributed by atoms with Crippen LogP contribution in [0.1, 0.15) is 73.7 Å². The van der Waals surface area contributed by atoms with Crippen molar-refractivity contribution in [2.24, 2.45) is 0 Å². The number of hydrogen-bond acceptors (Lipinski definition) is 15. The maximum absolute atomic E-state index is 15.4. The van der Waals surface area contributed by atoms with E-state index in [-0.39, 0.29) is 61.0 Å². The van der Waals surface area contributed by atoms with Crippen molar-refractivity contribution in [1.29, 1.82) is 5.26 Å². The second-order valence-corrected chi connectivity index (χ2v) is 20.2. The summed E-state index contributed by atoms with van der Waals surface area (Å²) in [6.07, 6.45) is 7.94. The number of nitrogens with one attached hydrogen (secondary N) is 2. The van der Waals surface area contributed by atoms with Crippen LogP contribution in [-0.4, -0.2) is 142 Å². The van der Waals surface area contributed by atoms with Gasteiger partial charge in [-0.25, -0.2) is 32.5 Å². The Morgan fingerprint density at radius 2 is 1.74 bits per heavy atom. The molecule has 426 valence electrons. The molecule has 1 saturated carbocycles. The van der Waals surface area contributed by atoms with Crippen LogP contribution >= 0.6 is 11.6 Å². The Morgan fingerprint density at radius 3 is 2.47 bits per heavy atom. The zero-order valence-electron chi connectivity index (χ0n) is 44.2. The van der Waals surface area contributed by atoms with Gasteiger partial charge in [-0.15, -0.1) is 0 Å². The number of halogens is 5. The van der Waals surface area contributed by atoms with Crippen LogP contribution < -0.4 is 30.1 Å². The lowest BCUT2D eigenvalue weighted by atomic mass is 9.87. The second-order valence-electron chi connectivity index (χ2n) is 19.8. The van der Waals surface area contributed by atoms with Gasteiger partial charge in [-0.2, -0.15) is 14.9 Å². The van der Waals surface area contributed by atoms with E-state index in [0.29, 0.717) is 29.8 Å². The quantitative estimate of drug-likeness (QED) is 0.0454. The third kappa shape index (κ3) is 13.8. The van der Waals surface area contributed by atoms with Gasteiger partial charge in [-0.1, -0.05) is 42.8 Å². The van der Waals surface area contributed by atoms with Crippen molar-refractivity contribution in [3.8, 4) is 11.9 Å². The Morgan fingerprint density at radius 1 is 0.963 bits per heavy atom. The first-order valence-electron chi connectivity index (χ1n) is 26.5. The van der Waals surface area contributed by atoms with Gasteiger partial charge >= 0.3 is 0 Å². The minimum atomic E-state index is -3.06. The highest BCUT2D eigenvalue weighted by molar-refractivity contribution is 6.31.